The van der Waals surface area contributed by atoms with E-state index in [9.17, 15) is 4.79 Å². The van der Waals surface area contributed by atoms with E-state index in [1.165, 1.54) is 5.69 Å². The molecule has 2 atom stereocenters. The normalized spacial score (nSPS) is 19.7. The summed E-state index contributed by atoms with van der Waals surface area (Å²) in [4.78, 5) is 20.2. The van der Waals surface area contributed by atoms with Crippen molar-refractivity contribution in [2.24, 2.45) is 0 Å². The van der Waals surface area contributed by atoms with Crippen LogP contribution in [0, 0.1) is 0 Å². The third-order valence-corrected chi connectivity index (χ3v) is 6.90. The standard InChI is InChI=1S/C27H29ClN4O/c1-20(19-30-15-17-31(18-16-30)23-13-11-22(28)12-14-23)32-25-10-6-5-9-24(25)27(33)29-26(32)21-7-3-2-4-8-21/h2-14,20,26H,15-19H2,1H3,(H,29,33). The summed E-state index contributed by atoms with van der Waals surface area (Å²) >= 11 is 6.05. The van der Waals surface area contributed by atoms with Crippen LogP contribution in [0.3, 0.4) is 0 Å². The van der Waals surface area contributed by atoms with Crippen LogP contribution in [0.2, 0.25) is 5.02 Å². The van der Waals surface area contributed by atoms with Gasteiger partial charge >= 0.3 is 0 Å². The van der Waals surface area contributed by atoms with E-state index in [4.69, 9.17) is 11.6 Å². The molecular weight excluding hydrogens is 432 g/mol. The van der Waals surface area contributed by atoms with E-state index in [2.05, 4.69) is 57.3 Å². The molecule has 1 N–H and O–H groups in total. The van der Waals surface area contributed by atoms with Crippen molar-refractivity contribution in [1.82, 2.24) is 10.2 Å². The lowest BCUT2D eigenvalue weighted by molar-refractivity contribution is 0.0922. The van der Waals surface area contributed by atoms with Crippen molar-refractivity contribution in [1.29, 1.82) is 0 Å². The number of piperazine rings is 1. The van der Waals surface area contributed by atoms with Crippen LogP contribution in [0.25, 0.3) is 0 Å². The van der Waals surface area contributed by atoms with E-state index < -0.39 is 0 Å². The van der Waals surface area contributed by atoms with E-state index in [-0.39, 0.29) is 18.1 Å². The first-order valence-electron chi connectivity index (χ1n) is 11.6. The SMILES string of the molecule is CC(CN1CCN(c2ccc(Cl)cc2)CC1)N1c2ccccc2C(=O)NC1c1ccccc1. The Hall–Kier alpha value is -3.02. The lowest BCUT2D eigenvalue weighted by Gasteiger charge is -2.45. The fraction of sp³-hybridized carbons (Fsp3) is 0.296. The minimum absolute atomic E-state index is 0.0144. The van der Waals surface area contributed by atoms with Crippen molar-refractivity contribution < 1.29 is 4.79 Å². The second-order valence-electron chi connectivity index (χ2n) is 8.82. The van der Waals surface area contributed by atoms with Gasteiger partial charge in [0.2, 0.25) is 0 Å². The number of fused-ring (bicyclic) bond motifs is 1. The van der Waals surface area contributed by atoms with E-state index >= 15 is 0 Å². The Kier molecular flexibility index (Phi) is 6.25. The van der Waals surface area contributed by atoms with Crippen LogP contribution < -0.4 is 15.1 Å². The third kappa shape index (κ3) is 4.56. The van der Waals surface area contributed by atoms with Gasteiger partial charge in [0.05, 0.1) is 11.3 Å². The van der Waals surface area contributed by atoms with Crippen molar-refractivity contribution >= 4 is 28.9 Å². The molecule has 170 valence electrons. The van der Waals surface area contributed by atoms with Gasteiger partial charge in [-0.25, -0.2) is 0 Å². The van der Waals surface area contributed by atoms with Crippen LogP contribution in [0.5, 0.6) is 0 Å². The quantitative estimate of drug-likeness (QED) is 0.593. The summed E-state index contributed by atoms with van der Waals surface area (Å²) in [7, 11) is 0. The molecule has 2 aliphatic heterocycles. The largest absolute Gasteiger partial charge is 0.369 e. The summed E-state index contributed by atoms with van der Waals surface area (Å²) in [6.07, 6.45) is -0.182. The fourth-order valence-corrected chi connectivity index (χ4v) is 5.10. The Bertz CT molecular complexity index is 1100. The zero-order valence-corrected chi connectivity index (χ0v) is 19.6. The highest BCUT2D eigenvalue weighted by atomic mass is 35.5. The van der Waals surface area contributed by atoms with Gasteiger partial charge in [0.1, 0.15) is 6.17 Å². The maximum Gasteiger partial charge on any atom is 0.255 e. The minimum atomic E-state index is -0.182. The second-order valence-corrected chi connectivity index (χ2v) is 9.26. The highest BCUT2D eigenvalue weighted by Crippen LogP contribution is 2.35. The number of para-hydroxylation sites is 1. The van der Waals surface area contributed by atoms with Gasteiger partial charge in [-0.15, -0.1) is 0 Å². The van der Waals surface area contributed by atoms with Crippen molar-refractivity contribution in [3.63, 3.8) is 0 Å². The van der Waals surface area contributed by atoms with Crippen LogP contribution in [0.4, 0.5) is 11.4 Å². The molecule has 5 nitrogen and oxygen atoms in total. The molecular formula is C27H29ClN4O. The Morgan fingerprint density at radius 2 is 1.58 bits per heavy atom. The number of halogens is 1. The van der Waals surface area contributed by atoms with Crippen molar-refractivity contribution in [3.05, 3.63) is 95.0 Å². The smallest absolute Gasteiger partial charge is 0.255 e. The monoisotopic (exact) mass is 460 g/mol. The van der Waals surface area contributed by atoms with Crippen LogP contribution >= 0.6 is 11.6 Å². The van der Waals surface area contributed by atoms with Crippen LogP contribution in [-0.2, 0) is 0 Å². The average molecular weight is 461 g/mol. The molecule has 3 aromatic carbocycles. The molecule has 2 aliphatic rings. The summed E-state index contributed by atoms with van der Waals surface area (Å²) in [5.74, 6) is -0.0144. The molecule has 6 heteroatoms. The first-order chi connectivity index (χ1) is 16.1. The number of rotatable bonds is 5. The van der Waals surface area contributed by atoms with Gasteiger partial charge in [0.25, 0.3) is 5.91 Å². The maximum absolute atomic E-state index is 12.9. The predicted molar refractivity (Wildman–Crippen MR) is 135 cm³/mol. The van der Waals surface area contributed by atoms with Crippen molar-refractivity contribution in [2.45, 2.75) is 19.1 Å². The summed E-state index contributed by atoms with van der Waals surface area (Å²) in [5.41, 5.74) is 4.06. The second kappa shape index (κ2) is 9.46. The maximum atomic E-state index is 12.9. The van der Waals surface area contributed by atoms with Crippen molar-refractivity contribution in [2.75, 3.05) is 42.5 Å². The number of nitrogens with one attached hydrogen (secondary N) is 1. The third-order valence-electron chi connectivity index (χ3n) is 6.65. The number of hydrogen-bond acceptors (Lipinski definition) is 4. The minimum Gasteiger partial charge on any atom is -0.369 e. The Balaban J connectivity index is 1.33. The summed E-state index contributed by atoms with van der Waals surface area (Å²) in [6, 6.07) is 26.5. The van der Waals surface area contributed by atoms with Crippen LogP contribution in [0.15, 0.2) is 78.9 Å². The van der Waals surface area contributed by atoms with E-state index in [1.807, 2.05) is 48.5 Å². The molecule has 0 radical (unpaired) electrons. The first-order valence-corrected chi connectivity index (χ1v) is 11.9. The molecule has 33 heavy (non-hydrogen) atoms. The van der Waals surface area contributed by atoms with E-state index in [0.717, 1.165) is 54.6 Å². The molecule has 1 fully saturated rings. The molecule has 0 spiro atoms. The Labute approximate surface area is 200 Å². The number of carbonyl (C=O) groups excluding carboxylic acids is 1. The highest BCUT2D eigenvalue weighted by Gasteiger charge is 2.35. The number of nitrogens with zero attached hydrogens (tertiary/aromatic N) is 3. The molecule has 2 heterocycles. The number of amides is 1. The number of carbonyl (C=O) groups is 1. The lowest BCUT2D eigenvalue weighted by Crippen LogP contribution is -2.55. The first kappa shape index (κ1) is 21.8. The molecule has 0 aliphatic carbocycles. The topological polar surface area (TPSA) is 38.8 Å². The van der Waals surface area contributed by atoms with Gasteiger partial charge in [-0.05, 0) is 48.9 Å². The molecule has 0 aromatic heterocycles. The predicted octanol–water partition coefficient (Wildman–Crippen LogP) is 4.80. The van der Waals surface area contributed by atoms with Gasteiger partial charge in [-0.1, -0.05) is 54.1 Å². The number of hydrogen-bond donors (Lipinski definition) is 1. The Morgan fingerprint density at radius 1 is 0.909 bits per heavy atom. The molecule has 0 saturated carbocycles. The van der Waals surface area contributed by atoms with Gasteiger partial charge < -0.3 is 15.1 Å². The van der Waals surface area contributed by atoms with E-state index in [1.54, 1.807) is 0 Å². The lowest BCUT2D eigenvalue weighted by atomic mass is 10.0. The molecule has 1 amide bonds. The van der Waals surface area contributed by atoms with Gasteiger partial charge in [-0.2, -0.15) is 0 Å². The van der Waals surface area contributed by atoms with Crippen molar-refractivity contribution in [3.8, 4) is 0 Å². The number of anilines is 2. The summed E-state index contributed by atoms with van der Waals surface area (Å²) in [6.45, 7) is 7.18. The van der Waals surface area contributed by atoms with Gasteiger partial charge in [0.15, 0.2) is 0 Å². The zero-order chi connectivity index (χ0) is 22.8. The fourth-order valence-electron chi connectivity index (χ4n) is 4.97. The zero-order valence-electron chi connectivity index (χ0n) is 18.8. The number of benzene rings is 3. The summed E-state index contributed by atoms with van der Waals surface area (Å²) in [5, 5.41) is 4.01. The van der Waals surface area contributed by atoms with Gasteiger partial charge in [-0.3, -0.25) is 9.69 Å². The molecule has 5 rings (SSSR count). The van der Waals surface area contributed by atoms with Crippen LogP contribution in [-0.4, -0.2) is 49.6 Å². The van der Waals surface area contributed by atoms with E-state index in [0.29, 0.717) is 0 Å². The molecule has 2 unspecified atom stereocenters. The summed E-state index contributed by atoms with van der Waals surface area (Å²) < 4.78 is 0. The molecule has 1 saturated heterocycles. The van der Waals surface area contributed by atoms with Gasteiger partial charge in [0, 0.05) is 49.5 Å². The molecule has 0 bridgehead atoms. The Morgan fingerprint density at radius 3 is 2.30 bits per heavy atom. The average Bonchev–Trinajstić information content (AvgIpc) is 2.85. The van der Waals surface area contributed by atoms with Crippen LogP contribution in [0.1, 0.15) is 29.0 Å². The molecule has 3 aromatic rings. The highest BCUT2D eigenvalue weighted by molar-refractivity contribution is 6.30.